The van der Waals surface area contributed by atoms with Gasteiger partial charge in [-0.1, -0.05) is 11.6 Å². The third-order valence-corrected chi connectivity index (χ3v) is 2.89. The maximum atomic E-state index is 12.2. The van der Waals surface area contributed by atoms with Crippen molar-refractivity contribution >= 4 is 11.6 Å². The van der Waals surface area contributed by atoms with Crippen LogP contribution in [0.5, 0.6) is 0 Å². The number of benzene rings is 1. The summed E-state index contributed by atoms with van der Waals surface area (Å²) in [6, 6.07) is 8.87. The molecule has 1 atom stereocenters. The third-order valence-electron chi connectivity index (χ3n) is 2.89. The molecule has 4 N–H and O–H groups in total. The lowest BCUT2D eigenvalue weighted by atomic mass is 10.1. The highest BCUT2D eigenvalue weighted by Gasteiger charge is 2.16. The first-order valence-electron chi connectivity index (χ1n) is 6.03. The summed E-state index contributed by atoms with van der Waals surface area (Å²) >= 11 is 0. The van der Waals surface area contributed by atoms with Crippen LogP contribution in [0.25, 0.3) is 0 Å². The molecule has 100 valence electrons. The fourth-order valence-corrected chi connectivity index (χ4v) is 1.85. The van der Waals surface area contributed by atoms with Crippen molar-refractivity contribution in [3.8, 4) is 0 Å². The van der Waals surface area contributed by atoms with Crippen molar-refractivity contribution in [3.63, 3.8) is 0 Å². The summed E-state index contributed by atoms with van der Waals surface area (Å²) in [6.45, 7) is 3.79. The number of hydrogen-bond donors (Lipinski definition) is 3. The molecule has 0 aliphatic heterocycles. The first-order valence-corrected chi connectivity index (χ1v) is 6.03. The predicted octanol–water partition coefficient (Wildman–Crippen LogP) is 2.36. The molecule has 2 aromatic rings. The first-order chi connectivity index (χ1) is 9.11. The van der Waals surface area contributed by atoms with E-state index >= 15 is 0 Å². The molecule has 1 aromatic carbocycles. The average Bonchev–Trinajstić information content (AvgIpc) is 2.92. The van der Waals surface area contributed by atoms with Gasteiger partial charge in [0.2, 0.25) is 0 Å². The molecule has 0 radical (unpaired) electrons. The van der Waals surface area contributed by atoms with Crippen molar-refractivity contribution in [2.24, 2.45) is 5.84 Å². The van der Waals surface area contributed by atoms with Gasteiger partial charge in [-0.05, 0) is 38.1 Å². The lowest BCUT2D eigenvalue weighted by Gasteiger charge is -2.14. The summed E-state index contributed by atoms with van der Waals surface area (Å²) in [4.78, 5) is 12.2. The molecule has 0 saturated heterocycles. The third kappa shape index (κ3) is 2.95. The lowest BCUT2D eigenvalue weighted by molar-refractivity contribution is 0.0936. The zero-order valence-corrected chi connectivity index (χ0v) is 10.9. The second-order valence-corrected chi connectivity index (χ2v) is 4.40. The Balaban J connectivity index is 2.18. The number of hydrogen-bond acceptors (Lipinski definition) is 4. The summed E-state index contributed by atoms with van der Waals surface area (Å²) in [5.74, 6) is 5.93. The van der Waals surface area contributed by atoms with E-state index in [4.69, 9.17) is 10.3 Å². The SMILES string of the molecule is Cc1ccc(NN)c(C(=O)NC(C)c2ccco2)c1. The van der Waals surface area contributed by atoms with Crippen LogP contribution < -0.4 is 16.6 Å². The van der Waals surface area contributed by atoms with Crippen molar-refractivity contribution < 1.29 is 9.21 Å². The topological polar surface area (TPSA) is 80.3 Å². The highest BCUT2D eigenvalue weighted by atomic mass is 16.3. The highest BCUT2D eigenvalue weighted by molar-refractivity contribution is 5.99. The van der Waals surface area contributed by atoms with Gasteiger partial charge in [-0.25, -0.2) is 0 Å². The Kier molecular flexibility index (Phi) is 3.87. The minimum absolute atomic E-state index is 0.194. The van der Waals surface area contributed by atoms with Gasteiger partial charge in [0, 0.05) is 0 Å². The van der Waals surface area contributed by atoms with E-state index < -0.39 is 0 Å². The second kappa shape index (κ2) is 5.58. The van der Waals surface area contributed by atoms with Gasteiger partial charge in [-0.3, -0.25) is 10.6 Å². The van der Waals surface area contributed by atoms with E-state index in [-0.39, 0.29) is 11.9 Å². The number of nitrogens with one attached hydrogen (secondary N) is 2. The zero-order valence-electron chi connectivity index (χ0n) is 10.9. The number of carbonyl (C=O) groups is 1. The smallest absolute Gasteiger partial charge is 0.254 e. The number of aryl methyl sites for hydroxylation is 1. The van der Waals surface area contributed by atoms with Crippen molar-refractivity contribution in [2.45, 2.75) is 19.9 Å². The van der Waals surface area contributed by atoms with E-state index in [0.29, 0.717) is 17.0 Å². The summed E-state index contributed by atoms with van der Waals surface area (Å²) < 4.78 is 5.26. The largest absolute Gasteiger partial charge is 0.467 e. The van der Waals surface area contributed by atoms with Crippen LogP contribution in [0.2, 0.25) is 0 Å². The van der Waals surface area contributed by atoms with E-state index in [9.17, 15) is 4.79 Å². The maximum absolute atomic E-state index is 12.2. The Bertz CT molecular complexity index is 564. The normalized spacial score (nSPS) is 11.9. The fraction of sp³-hybridized carbons (Fsp3) is 0.214. The van der Waals surface area contributed by atoms with E-state index in [1.165, 1.54) is 0 Å². The molecule has 1 unspecified atom stereocenters. The van der Waals surface area contributed by atoms with Gasteiger partial charge in [-0.2, -0.15) is 0 Å². The number of nitrogen functional groups attached to an aromatic ring is 1. The van der Waals surface area contributed by atoms with Crippen molar-refractivity contribution in [3.05, 3.63) is 53.5 Å². The van der Waals surface area contributed by atoms with Gasteiger partial charge in [-0.15, -0.1) is 0 Å². The zero-order chi connectivity index (χ0) is 13.8. The number of furan rings is 1. The number of carbonyl (C=O) groups excluding carboxylic acids is 1. The summed E-state index contributed by atoms with van der Waals surface area (Å²) in [5.41, 5.74) is 4.63. The molecule has 0 aliphatic rings. The summed E-state index contributed by atoms with van der Waals surface area (Å²) in [6.07, 6.45) is 1.58. The average molecular weight is 259 g/mol. The van der Waals surface area contributed by atoms with Gasteiger partial charge < -0.3 is 15.2 Å². The molecular formula is C14H17N3O2. The van der Waals surface area contributed by atoms with Crippen molar-refractivity contribution in [2.75, 3.05) is 5.43 Å². The van der Waals surface area contributed by atoms with Crippen LogP contribution in [-0.2, 0) is 0 Å². The summed E-state index contributed by atoms with van der Waals surface area (Å²) in [7, 11) is 0. The Labute approximate surface area is 111 Å². The number of amides is 1. The molecule has 19 heavy (non-hydrogen) atoms. The fourth-order valence-electron chi connectivity index (χ4n) is 1.85. The van der Waals surface area contributed by atoms with Crippen molar-refractivity contribution in [1.29, 1.82) is 0 Å². The van der Waals surface area contributed by atoms with Gasteiger partial charge in [0.25, 0.3) is 5.91 Å². The number of nitrogens with two attached hydrogens (primary N) is 1. The molecule has 2 rings (SSSR count). The molecule has 5 heteroatoms. The molecular weight excluding hydrogens is 242 g/mol. The molecule has 0 aliphatic carbocycles. The van der Waals surface area contributed by atoms with Crippen LogP contribution in [-0.4, -0.2) is 5.91 Å². The molecule has 0 spiro atoms. The minimum atomic E-state index is -0.200. The molecule has 1 heterocycles. The molecule has 0 fully saturated rings. The standard InChI is InChI=1S/C14H17N3O2/c1-9-5-6-12(17-15)11(8-9)14(18)16-10(2)13-4-3-7-19-13/h3-8,10,17H,15H2,1-2H3,(H,16,18). The van der Waals surface area contributed by atoms with E-state index in [2.05, 4.69) is 10.7 Å². The van der Waals surface area contributed by atoms with Crippen LogP contribution >= 0.6 is 0 Å². The van der Waals surface area contributed by atoms with Crippen molar-refractivity contribution in [1.82, 2.24) is 5.32 Å². The van der Waals surface area contributed by atoms with Crippen LogP contribution in [0.4, 0.5) is 5.69 Å². The molecule has 1 amide bonds. The Morgan fingerprint density at radius 2 is 2.16 bits per heavy atom. The number of hydrazine groups is 1. The van der Waals surface area contributed by atoms with E-state index in [1.54, 1.807) is 24.5 Å². The monoisotopic (exact) mass is 259 g/mol. The van der Waals surface area contributed by atoms with Gasteiger partial charge in [0.15, 0.2) is 0 Å². The quantitative estimate of drug-likeness (QED) is 0.581. The minimum Gasteiger partial charge on any atom is -0.467 e. The highest BCUT2D eigenvalue weighted by Crippen LogP contribution is 2.18. The van der Waals surface area contributed by atoms with E-state index in [0.717, 1.165) is 5.56 Å². The first kappa shape index (κ1) is 13.2. The number of rotatable bonds is 4. The Hall–Kier alpha value is -2.27. The molecule has 5 nitrogen and oxygen atoms in total. The van der Waals surface area contributed by atoms with Gasteiger partial charge in [0.1, 0.15) is 5.76 Å². The summed E-state index contributed by atoms with van der Waals surface area (Å²) in [5, 5.41) is 2.87. The second-order valence-electron chi connectivity index (χ2n) is 4.40. The van der Waals surface area contributed by atoms with Crippen LogP contribution in [0.3, 0.4) is 0 Å². The predicted molar refractivity (Wildman–Crippen MR) is 73.6 cm³/mol. The van der Waals surface area contributed by atoms with Crippen LogP contribution in [0.15, 0.2) is 41.0 Å². The van der Waals surface area contributed by atoms with Gasteiger partial charge in [0.05, 0.1) is 23.6 Å². The van der Waals surface area contributed by atoms with E-state index in [1.807, 2.05) is 26.0 Å². The van der Waals surface area contributed by atoms with Crippen LogP contribution in [0.1, 0.15) is 34.6 Å². The molecule has 1 aromatic heterocycles. The Morgan fingerprint density at radius 3 is 2.79 bits per heavy atom. The maximum Gasteiger partial charge on any atom is 0.254 e. The van der Waals surface area contributed by atoms with Gasteiger partial charge >= 0.3 is 0 Å². The van der Waals surface area contributed by atoms with Crippen LogP contribution in [0, 0.1) is 6.92 Å². The molecule has 0 bridgehead atoms. The Morgan fingerprint density at radius 1 is 1.37 bits per heavy atom. The number of anilines is 1. The molecule has 0 saturated carbocycles. The lowest BCUT2D eigenvalue weighted by Crippen LogP contribution is -2.27.